The number of allylic oxidation sites excluding steroid dienone is 1. The third-order valence-electron chi connectivity index (χ3n) is 7.84. The van der Waals surface area contributed by atoms with Gasteiger partial charge in [-0.2, -0.15) is 18.3 Å². The lowest BCUT2D eigenvalue weighted by Gasteiger charge is -2.33. The van der Waals surface area contributed by atoms with Gasteiger partial charge in [-0.15, -0.1) is 0 Å². The second-order valence-electron chi connectivity index (χ2n) is 10.9. The third kappa shape index (κ3) is 6.60. The quantitative estimate of drug-likeness (QED) is 0.329. The van der Waals surface area contributed by atoms with Crippen LogP contribution in [0.25, 0.3) is 5.65 Å². The topological polar surface area (TPSA) is 101 Å². The molecule has 0 unspecified atom stereocenters. The average Bonchev–Trinajstić information content (AvgIpc) is 3.47. The summed E-state index contributed by atoms with van der Waals surface area (Å²) in [6.45, 7) is -0.743. The molecule has 1 saturated heterocycles. The molecule has 41 heavy (non-hydrogen) atoms. The van der Waals surface area contributed by atoms with Gasteiger partial charge in [-0.3, -0.25) is 4.79 Å². The van der Waals surface area contributed by atoms with Crippen LogP contribution in [0.5, 0.6) is 0 Å². The number of amides is 3. The summed E-state index contributed by atoms with van der Waals surface area (Å²) >= 11 is 0. The summed E-state index contributed by atoms with van der Waals surface area (Å²) in [6, 6.07) is -3.21. The molecule has 3 fully saturated rings. The first kappa shape index (κ1) is 29.1. The number of urea groups is 1. The second kappa shape index (κ2) is 11.1. The molecule has 2 aliphatic carbocycles. The maximum atomic E-state index is 14.5. The molecular weight excluding hydrogens is 558 g/mol. The summed E-state index contributed by atoms with van der Waals surface area (Å²) in [4.78, 5) is 30.6. The summed E-state index contributed by atoms with van der Waals surface area (Å²) in [6.07, 6.45) is 0.481. The van der Waals surface area contributed by atoms with Gasteiger partial charge in [-0.1, -0.05) is 0 Å². The van der Waals surface area contributed by atoms with Gasteiger partial charge in [0.25, 0.3) is 5.91 Å². The maximum Gasteiger partial charge on any atom is 0.410 e. The van der Waals surface area contributed by atoms with Crippen LogP contribution in [-0.2, 0) is 9.53 Å². The predicted molar refractivity (Wildman–Crippen MR) is 132 cm³/mol. The second-order valence-corrected chi connectivity index (χ2v) is 10.9. The SMILES string of the molecule is COC[C@H](c1cnn2cc([C@@H](NC(=O)/C(F)=C\C3CC3)C3CCC(F)(F)CC3)nc2c1)N1C[C@@H](C(F)(F)F)NC1=O. The Morgan fingerprint density at radius 3 is 2.59 bits per heavy atom. The highest BCUT2D eigenvalue weighted by Crippen LogP contribution is 2.41. The molecule has 3 heterocycles. The minimum atomic E-state index is -4.63. The standard InChI is InChI=1S/C26H30F6N6O3/c1-41-13-19(37-12-20(26(30,31)32)35-24(37)40)16-9-21-34-18(11-38(21)33-10-16)22(15-4-6-25(28,29)7-5-15)36-23(39)17(27)8-14-2-3-14/h8-11,14-15,19-20,22H,2-7,12-13H2,1H3,(H,35,40)(H,36,39)/b17-8+/t19-,20+,22+/m1/s1. The van der Waals surface area contributed by atoms with Crippen molar-refractivity contribution in [1.82, 2.24) is 30.1 Å². The van der Waals surface area contributed by atoms with E-state index in [1.165, 1.54) is 36.2 Å². The number of imidazole rings is 1. The minimum Gasteiger partial charge on any atom is -0.382 e. The Hall–Kier alpha value is -3.36. The molecule has 5 rings (SSSR count). The van der Waals surface area contributed by atoms with Crippen molar-refractivity contribution in [2.75, 3.05) is 20.3 Å². The first-order valence-corrected chi connectivity index (χ1v) is 13.4. The highest BCUT2D eigenvalue weighted by atomic mass is 19.4. The molecule has 9 nitrogen and oxygen atoms in total. The van der Waals surface area contributed by atoms with E-state index in [-0.39, 0.29) is 49.5 Å². The molecule has 224 valence electrons. The van der Waals surface area contributed by atoms with E-state index in [0.29, 0.717) is 5.56 Å². The number of nitrogens with one attached hydrogen (secondary N) is 2. The highest BCUT2D eigenvalue weighted by Gasteiger charge is 2.48. The maximum absolute atomic E-state index is 14.5. The Balaban J connectivity index is 1.43. The first-order valence-electron chi connectivity index (χ1n) is 13.4. The van der Waals surface area contributed by atoms with Gasteiger partial charge >= 0.3 is 12.2 Å². The zero-order chi connectivity index (χ0) is 29.5. The van der Waals surface area contributed by atoms with Gasteiger partial charge in [0.2, 0.25) is 5.92 Å². The molecule has 2 N–H and O–H groups in total. The number of hydrogen-bond acceptors (Lipinski definition) is 5. The van der Waals surface area contributed by atoms with Gasteiger partial charge < -0.3 is 20.3 Å². The van der Waals surface area contributed by atoms with Crippen LogP contribution >= 0.6 is 0 Å². The number of carbonyl (C=O) groups is 2. The van der Waals surface area contributed by atoms with E-state index in [1.54, 1.807) is 0 Å². The number of methoxy groups -OCH3 is 1. The normalized spacial score (nSPS) is 23.5. The molecule has 3 amide bonds. The van der Waals surface area contributed by atoms with E-state index in [2.05, 4.69) is 15.4 Å². The van der Waals surface area contributed by atoms with Gasteiger partial charge in [0, 0.05) is 25.5 Å². The van der Waals surface area contributed by atoms with E-state index in [0.717, 1.165) is 17.7 Å². The smallest absolute Gasteiger partial charge is 0.382 e. The molecule has 0 bridgehead atoms. The Bertz CT molecular complexity index is 1320. The molecule has 15 heteroatoms. The van der Waals surface area contributed by atoms with Crippen LogP contribution in [0.3, 0.4) is 0 Å². The zero-order valence-electron chi connectivity index (χ0n) is 22.1. The first-order chi connectivity index (χ1) is 19.3. The van der Waals surface area contributed by atoms with E-state index in [1.807, 2.05) is 5.32 Å². The third-order valence-corrected chi connectivity index (χ3v) is 7.84. The van der Waals surface area contributed by atoms with Crippen molar-refractivity contribution < 1.29 is 40.7 Å². The molecule has 3 atom stereocenters. The van der Waals surface area contributed by atoms with Crippen LogP contribution in [0.1, 0.15) is 61.9 Å². The molecular formula is C26H30F6N6O3. The number of halogens is 6. The average molecular weight is 589 g/mol. The number of alkyl halides is 5. The molecule has 3 aliphatic rings. The predicted octanol–water partition coefficient (Wildman–Crippen LogP) is 4.62. The number of carbonyl (C=O) groups excluding carboxylic acids is 2. The van der Waals surface area contributed by atoms with Gasteiger partial charge in [0.05, 0.1) is 43.3 Å². The van der Waals surface area contributed by atoms with Crippen molar-refractivity contribution in [2.24, 2.45) is 11.8 Å². The van der Waals surface area contributed by atoms with Crippen molar-refractivity contribution in [1.29, 1.82) is 0 Å². The number of aromatic nitrogens is 3. The monoisotopic (exact) mass is 588 g/mol. The lowest BCUT2D eigenvalue weighted by atomic mass is 9.81. The van der Waals surface area contributed by atoms with E-state index in [4.69, 9.17) is 4.74 Å². The van der Waals surface area contributed by atoms with Crippen LogP contribution in [0.2, 0.25) is 0 Å². The summed E-state index contributed by atoms with van der Waals surface area (Å²) in [7, 11) is 1.35. The number of rotatable bonds is 9. The molecule has 2 saturated carbocycles. The van der Waals surface area contributed by atoms with E-state index in [9.17, 15) is 35.9 Å². The van der Waals surface area contributed by atoms with Crippen LogP contribution in [-0.4, -0.2) is 69.8 Å². The van der Waals surface area contributed by atoms with E-state index < -0.39 is 60.5 Å². The number of nitrogens with zero attached hydrogens (tertiary/aromatic N) is 4. The highest BCUT2D eigenvalue weighted by molar-refractivity contribution is 5.91. The fourth-order valence-electron chi connectivity index (χ4n) is 5.36. The van der Waals surface area contributed by atoms with Crippen molar-refractivity contribution in [3.05, 3.63) is 41.6 Å². The van der Waals surface area contributed by atoms with Crippen molar-refractivity contribution in [2.45, 2.75) is 68.7 Å². The summed E-state index contributed by atoms with van der Waals surface area (Å²) in [5.74, 6) is -5.14. The lowest BCUT2D eigenvalue weighted by Crippen LogP contribution is -2.40. The Kier molecular flexibility index (Phi) is 7.92. The summed E-state index contributed by atoms with van der Waals surface area (Å²) < 4.78 is 88.6. The Morgan fingerprint density at radius 1 is 1.27 bits per heavy atom. The van der Waals surface area contributed by atoms with Gasteiger partial charge in [-0.25, -0.2) is 27.5 Å². The van der Waals surface area contributed by atoms with Crippen molar-refractivity contribution in [3.8, 4) is 0 Å². The molecule has 2 aromatic heterocycles. The fraction of sp³-hybridized carbons (Fsp3) is 0.615. The Labute approximate surface area is 231 Å². The van der Waals surface area contributed by atoms with Gasteiger partial charge in [0.1, 0.15) is 6.04 Å². The number of fused-ring (bicyclic) bond motifs is 1. The van der Waals surface area contributed by atoms with Crippen molar-refractivity contribution in [3.63, 3.8) is 0 Å². The van der Waals surface area contributed by atoms with Crippen LogP contribution in [0, 0.1) is 11.8 Å². The van der Waals surface area contributed by atoms with Gasteiger partial charge in [0.15, 0.2) is 11.5 Å². The zero-order valence-corrected chi connectivity index (χ0v) is 22.1. The van der Waals surface area contributed by atoms with Gasteiger partial charge in [-0.05, 0) is 49.7 Å². The van der Waals surface area contributed by atoms with Crippen LogP contribution in [0.15, 0.2) is 30.4 Å². The molecule has 0 aromatic carbocycles. The van der Waals surface area contributed by atoms with Crippen LogP contribution in [0.4, 0.5) is 31.1 Å². The Morgan fingerprint density at radius 2 is 1.98 bits per heavy atom. The molecule has 0 spiro atoms. The van der Waals surface area contributed by atoms with Crippen LogP contribution < -0.4 is 10.6 Å². The molecule has 2 aromatic rings. The number of ether oxygens (including phenoxy) is 1. The van der Waals surface area contributed by atoms with E-state index >= 15 is 0 Å². The molecule has 0 radical (unpaired) electrons. The van der Waals surface area contributed by atoms with Crippen molar-refractivity contribution >= 4 is 17.6 Å². The summed E-state index contributed by atoms with van der Waals surface area (Å²) in [5.41, 5.74) is 0.863. The fourth-order valence-corrected chi connectivity index (χ4v) is 5.36. The summed E-state index contributed by atoms with van der Waals surface area (Å²) in [5, 5.41) is 8.84. The lowest BCUT2D eigenvalue weighted by molar-refractivity contribution is -0.150. The number of hydrogen-bond donors (Lipinski definition) is 2. The molecule has 1 aliphatic heterocycles. The minimum absolute atomic E-state index is 0.00883. The largest absolute Gasteiger partial charge is 0.410 e.